The molecule has 0 unspecified atom stereocenters. The fourth-order valence-corrected chi connectivity index (χ4v) is 2.69. The lowest BCUT2D eigenvalue weighted by molar-refractivity contribution is 0.122. The number of benzene rings is 1. The summed E-state index contributed by atoms with van der Waals surface area (Å²) in [5, 5.41) is 10.3. The quantitative estimate of drug-likeness (QED) is 0.591. The third-order valence-electron chi connectivity index (χ3n) is 3.81. The van der Waals surface area contributed by atoms with Gasteiger partial charge in [0.1, 0.15) is 11.3 Å². The number of furan rings is 1. The van der Waals surface area contributed by atoms with Crippen molar-refractivity contribution in [2.45, 2.75) is 0 Å². The van der Waals surface area contributed by atoms with E-state index in [2.05, 4.69) is 19.7 Å². The van der Waals surface area contributed by atoms with Gasteiger partial charge in [-0.3, -0.25) is 0 Å². The number of nitrogens with zero attached hydrogens (tertiary/aromatic N) is 4. The number of rotatable bonds is 2. The maximum atomic E-state index is 9.91. The minimum Gasteiger partial charge on any atom is -0.508 e. The van der Waals surface area contributed by atoms with Gasteiger partial charge in [-0.15, -0.1) is 0 Å². The monoisotopic (exact) mass is 356 g/mol. The van der Waals surface area contributed by atoms with E-state index in [1.165, 1.54) is 24.4 Å². The van der Waals surface area contributed by atoms with Gasteiger partial charge < -0.3 is 19.2 Å². The van der Waals surface area contributed by atoms with Crippen molar-refractivity contribution in [1.29, 1.82) is 0 Å². The molecule has 26 heavy (non-hydrogen) atoms. The summed E-state index contributed by atoms with van der Waals surface area (Å²) in [5.74, 6) is -0.720. The number of hydrogen-bond donors (Lipinski definition) is 1. The van der Waals surface area contributed by atoms with E-state index in [0.717, 1.165) is 0 Å². The molecule has 4 heterocycles. The molecule has 1 N–H and O–H groups in total. The Bertz CT molecular complexity index is 1420. The summed E-state index contributed by atoms with van der Waals surface area (Å²) in [6, 6.07) is 9.08. The number of phenolic OH excluding ortho intramolecular Hbond substituents is 1. The Morgan fingerprint density at radius 1 is 1.12 bits per heavy atom. The molecular weight excluding hydrogens is 332 g/mol. The summed E-state index contributed by atoms with van der Waals surface area (Å²) in [6.45, 7) is -13.1. The standard InChI is InChI=1S/C19H16N4O3/c24-13-4-1-3-12(11-13)17-21-15-14-5-2-6-20-19(14)26-16(15)18(22-17)23-7-9-25-10-8-23/h1-6,11,24H,7-10H2/i7D2,8D2,9D2,10D2. The smallest absolute Gasteiger partial charge is 0.229 e. The van der Waals surface area contributed by atoms with Gasteiger partial charge in [-0.1, -0.05) is 12.1 Å². The fraction of sp³-hybridized carbons (Fsp3) is 0.211. The molecular formula is C19H16N4O3. The van der Waals surface area contributed by atoms with Crippen molar-refractivity contribution in [3.05, 3.63) is 42.6 Å². The minimum atomic E-state index is -3.28. The number of ether oxygens (including phenoxy) is 1. The molecule has 7 nitrogen and oxygen atoms in total. The number of morpholine rings is 1. The Kier molecular flexibility index (Phi) is 2.05. The molecule has 1 saturated heterocycles. The van der Waals surface area contributed by atoms with Crippen molar-refractivity contribution in [1.82, 2.24) is 15.0 Å². The van der Waals surface area contributed by atoms with Crippen LogP contribution in [0.2, 0.25) is 0 Å². The van der Waals surface area contributed by atoms with E-state index in [9.17, 15) is 5.11 Å². The van der Waals surface area contributed by atoms with Crippen LogP contribution in [-0.2, 0) is 4.74 Å². The van der Waals surface area contributed by atoms with Crippen molar-refractivity contribution >= 4 is 28.0 Å². The molecule has 5 rings (SSSR count). The Hall–Kier alpha value is -3.19. The zero-order valence-electron chi connectivity index (χ0n) is 21.1. The predicted octanol–water partition coefficient (Wildman–Crippen LogP) is 2.98. The number of anilines is 1. The number of pyridine rings is 1. The van der Waals surface area contributed by atoms with Crippen LogP contribution in [0.5, 0.6) is 5.75 Å². The van der Waals surface area contributed by atoms with E-state index in [1.54, 1.807) is 18.2 Å². The molecule has 4 aromatic rings. The van der Waals surface area contributed by atoms with Crippen molar-refractivity contribution in [3.63, 3.8) is 0 Å². The number of hydrogen-bond acceptors (Lipinski definition) is 7. The summed E-state index contributed by atoms with van der Waals surface area (Å²) >= 11 is 0. The third kappa shape index (κ3) is 2.44. The number of phenols is 1. The van der Waals surface area contributed by atoms with E-state index >= 15 is 0 Å². The van der Waals surface area contributed by atoms with Crippen molar-refractivity contribution in [2.75, 3.05) is 31.0 Å². The van der Waals surface area contributed by atoms with Crippen LogP contribution in [0.15, 0.2) is 47.0 Å². The Balaban J connectivity index is 1.90. The van der Waals surface area contributed by atoms with Crippen LogP contribution in [-0.4, -0.2) is 46.2 Å². The average molecular weight is 356 g/mol. The number of fused-ring (bicyclic) bond motifs is 3. The van der Waals surface area contributed by atoms with Gasteiger partial charge in [0.15, 0.2) is 17.2 Å². The topological polar surface area (TPSA) is 84.5 Å². The van der Waals surface area contributed by atoms with Crippen LogP contribution in [0, 0.1) is 0 Å². The van der Waals surface area contributed by atoms with Crippen molar-refractivity contribution in [2.24, 2.45) is 0 Å². The zero-order chi connectivity index (χ0) is 24.7. The third-order valence-corrected chi connectivity index (χ3v) is 3.81. The SMILES string of the molecule is [2H]C1([2H])OC([2H])([2H])C([2H])([2H])N(c2nc(-c3cccc(O)c3)nc3c2oc2ncccc23)C1([2H])[2H]. The van der Waals surface area contributed by atoms with Crippen LogP contribution in [0.4, 0.5) is 5.82 Å². The van der Waals surface area contributed by atoms with Gasteiger partial charge in [-0.25, -0.2) is 15.0 Å². The van der Waals surface area contributed by atoms with E-state index < -0.39 is 31.9 Å². The van der Waals surface area contributed by atoms with E-state index in [-0.39, 0.29) is 33.3 Å². The van der Waals surface area contributed by atoms with E-state index in [1.807, 2.05) is 0 Å². The lowest BCUT2D eigenvalue weighted by Crippen LogP contribution is -2.37. The summed E-state index contributed by atoms with van der Waals surface area (Å²) in [6.07, 6.45) is 1.44. The maximum Gasteiger partial charge on any atom is 0.229 e. The van der Waals surface area contributed by atoms with Crippen LogP contribution >= 0.6 is 0 Å². The molecule has 0 atom stereocenters. The minimum absolute atomic E-state index is 0.0656. The molecule has 0 aliphatic carbocycles. The molecule has 0 radical (unpaired) electrons. The summed E-state index contributed by atoms with van der Waals surface area (Å²) in [7, 11) is 0. The molecule has 0 bridgehead atoms. The van der Waals surface area contributed by atoms with Crippen LogP contribution in [0.1, 0.15) is 11.0 Å². The van der Waals surface area contributed by atoms with Crippen LogP contribution in [0.3, 0.4) is 0 Å². The molecule has 130 valence electrons. The second-order valence-electron chi connectivity index (χ2n) is 5.42. The zero-order valence-corrected chi connectivity index (χ0v) is 13.1. The molecule has 1 fully saturated rings. The first-order chi connectivity index (χ1) is 15.8. The summed E-state index contributed by atoms with van der Waals surface area (Å²) in [4.78, 5) is 13.1. The van der Waals surface area contributed by atoms with Crippen molar-refractivity contribution in [3.8, 4) is 17.1 Å². The number of aromatic nitrogens is 3. The molecule has 3 aromatic heterocycles. The molecule has 0 spiro atoms. The largest absolute Gasteiger partial charge is 0.508 e. The Morgan fingerprint density at radius 3 is 2.85 bits per heavy atom. The molecule has 1 aliphatic heterocycles. The van der Waals surface area contributed by atoms with E-state index in [4.69, 9.17) is 15.4 Å². The second kappa shape index (κ2) is 5.96. The van der Waals surface area contributed by atoms with Gasteiger partial charge in [0, 0.05) is 24.8 Å². The molecule has 1 aliphatic rings. The van der Waals surface area contributed by atoms with Gasteiger partial charge in [0.2, 0.25) is 5.71 Å². The fourth-order valence-electron chi connectivity index (χ4n) is 2.69. The molecule has 7 heteroatoms. The highest BCUT2D eigenvalue weighted by Crippen LogP contribution is 2.34. The van der Waals surface area contributed by atoms with Gasteiger partial charge in [0.25, 0.3) is 0 Å². The second-order valence-corrected chi connectivity index (χ2v) is 5.42. The first kappa shape index (κ1) is 8.95. The predicted molar refractivity (Wildman–Crippen MR) is 97.2 cm³/mol. The van der Waals surface area contributed by atoms with Crippen LogP contribution < -0.4 is 4.90 Å². The summed E-state index contributed by atoms with van der Waals surface area (Å²) in [5.41, 5.74) is 0.271. The van der Waals surface area contributed by atoms with Gasteiger partial charge in [0.05, 0.1) is 29.5 Å². The first-order valence-electron chi connectivity index (χ1n) is 11.6. The van der Waals surface area contributed by atoms with Crippen molar-refractivity contribution < 1.29 is 25.2 Å². The maximum absolute atomic E-state index is 9.91. The van der Waals surface area contributed by atoms with E-state index in [0.29, 0.717) is 10.9 Å². The summed E-state index contributed by atoms with van der Waals surface area (Å²) < 4.78 is 76.0. The molecule has 0 saturated carbocycles. The normalized spacial score (nSPS) is 27.3. The first-order valence-corrected chi connectivity index (χ1v) is 7.61. The van der Waals surface area contributed by atoms with Gasteiger partial charge >= 0.3 is 0 Å². The Labute approximate surface area is 160 Å². The highest BCUT2D eigenvalue weighted by atomic mass is 16.5. The highest BCUT2D eigenvalue weighted by molar-refractivity contribution is 6.05. The highest BCUT2D eigenvalue weighted by Gasteiger charge is 2.22. The molecule has 0 amide bonds. The molecule has 1 aromatic carbocycles. The lowest BCUT2D eigenvalue weighted by Gasteiger charge is -2.27. The van der Waals surface area contributed by atoms with Gasteiger partial charge in [-0.2, -0.15) is 0 Å². The van der Waals surface area contributed by atoms with Gasteiger partial charge in [-0.05, 0) is 24.3 Å². The van der Waals surface area contributed by atoms with Crippen LogP contribution in [0.25, 0.3) is 33.6 Å². The average Bonchev–Trinajstić information content (AvgIpc) is 3.11. The Morgan fingerprint density at radius 2 is 2.00 bits per heavy atom. The number of aromatic hydroxyl groups is 1. The lowest BCUT2D eigenvalue weighted by atomic mass is 10.2.